The second-order valence-corrected chi connectivity index (χ2v) is 18.1. The highest BCUT2D eigenvalue weighted by Crippen LogP contribution is 2.38. The van der Waals surface area contributed by atoms with Crippen LogP contribution in [-0.4, -0.2) is 244 Å². The molecular weight excluding hydrogens is 999 g/mol. The predicted molar refractivity (Wildman–Crippen MR) is 226 cm³/mol. The Labute approximate surface area is 411 Å². The summed E-state index contributed by atoms with van der Waals surface area (Å²) < 4.78 is 51.3. The first-order valence-corrected chi connectivity index (χ1v) is 23.3. The summed E-state index contributed by atoms with van der Waals surface area (Å²) in [6, 6.07) is 0. The number of aryl methyl sites for hydroxylation is 1. The van der Waals surface area contributed by atoms with E-state index >= 15 is 0 Å². The molecule has 4 aromatic heterocycles. The van der Waals surface area contributed by atoms with Crippen LogP contribution in [-0.2, 0) is 90.5 Å². The van der Waals surface area contributed by atoms with E-state index in [0.717, 1.165) is 0 Å². The number of rotatable bonds is 21. The van der Waals surface area contributed by atoms with Crippen LogP contribution < -0.4 is 0 Å². The fourth-order valence-electron chi connectivity index (χ4n) is 8.18. The molecule has 4 fully saturated rings. The Hall–Kier alpha value is -3.62. The Bertz CT molecular complexity index is 2300. The molecule has 33 heteroatoms. The van der Waals surface area contributed by atoms with Gasteiger partial charge in [0.2, 0.25) is 5.79 Å². The van der Waals surface area contributed by atoms with E-state index in [1.165, 1.54) is 32.6 Å². The number of halogens is 2. The zero-order chi connectivity index (χ0) is 50.7. The van der Waals surface area contributed by atoms with Crippen molar-refractivity contribution in [1.82, 2.24) is 60.0 Å². The molecule has 0 unspecified atom stereocenters. The number of nitrogens with zero attached hydrogens (tertiary/aromatic N) is 12. The minimum absolute atomic E-state index is 0.0565. The van der Waals surface area contributed by atoms with Crippen LogP contribution in [0.5, 0.6) is 0 Å². The van der Waals surface area contributed by atoms with E-state index < -0.39 is 128 Å². The fourth-order valence-corrected chi connectivity index (χ4v) is 8.75. The Morgan fingerprint density at radius 2 is 0.958 bits per heavy atom. The summed E-state index contributed by atoms with van der Waals surface area (Å²) in [7, 11) is 0. The van der Waals surface area contributed by atoms with E-state index in [-0.39, 0.29) is 51.8 Å². The molecule has 4 saturated heterocycles. The van der Waals surface area contributed by atoms with Crippen LogP contribution in [0.25, 0.3) is 0 Å². The Morgan fingerprint density at radius 3 is 1.41 bits per heavy atom. The molecule has 0 aromatic carbocycles. The number of aromatic nitrogens is 12. The number of ether oxygens (including phenoxy) is 8. The molecule has 0 spiro atoms. The predicted octanol–water partition coefficient (Wildman–Crippen LogP) is -7.04. The second-order valence-electron chi connectivity index (χ2n) is 17.3. The van der Waals surface area contributed by atoms with E-state index in [9.17, 15) is 56.2 Å². The zero-order valence-electron chi connectivity index (χ0n) is 37.6. The third-order valence-corrected chi connectivity index (χ3v) is 13.1. The zero-order valence-corrected chi connectivity index (χ0v) is 39.1. The van der Waals surface area contributed by atoms with Gasteiger partial charge in [-0.25, -0.2) is 14.0 Å². The summed E-state index contributed by atoms with van der Waals surface area (Å²) in [6.45, 7) is 0.961. The highest BCUT2D eigenvalue weighted by molar-refractivity contribution is 6.21. The van der Waals surface area contributed by atoms with Gasteiger partial charge in [-0.05, 0) is 6.92 Å². The quantitative estimate of drug-likeness (QED) is 0.0345. The first kappa shape index (κ1) is 53.7. The third kappa shape index (κ3) is 12.0. The second kappa shape index (κ2) is 23.3. The van der Waals surface area contributed by atoms with E-state index in [2.05, 4.69) is 41.2 Å². The van der Waals surface area contributed by atoms with E-state index in [4.69, 9.17) is 61.1 Å². The monoisotopic (exact) mass is 1050 g/mol. The lowest BCUT2D eigenvalue weighted by molar-refractivity contribution is -0.358. The molecule has 8 rings (SSSR count). The normalized spacial score (nSPS) is 37.8. The van der Waals surface area contributed by atoms with Crippen molar-refractivity contribution < 1.29 is 94.1 Å². The minimum atomic E-state index is -2.11. The summed E-state index contributed by atoms with van der Waals surface area (Å²) in [5.41, 5.74) is 1.41. The van der Waals surface area contributed by atoms with Crippen molar-refractivity contribution in [3.63, 3.8) is 0 Å². The molecule has 4 aliphatic rings. The minimum Gasteiger partial charge on any atom is -0.394 e. The van der Waals surface area contributed by atoms with Crippen LogP contribution in [0.4, 0.5) is 0 Å². The van der Waals surface area contributed by atoms with Gasteiger partial charge in [-0.15, -0.1) is 43.6 Å². The van der Waals surface area contributed by atoms with Crippen LogP contribution in [0.1, 0.15) is 29.7 Å². The molecule has 31 nitrogen and oxygen atoms in total. The van der Waals surface area contributed by atoms with Crippen molar-refractivity contribution in [3.8, 4) is 0 Å². The van der Waals surface area contributed by atoms with Crippen LogP contribution in [0.3, 0.4) is 0 Å². The Balaban J connectivity index is 0.782. The van der Waals surface area contributed by atoms with Gasteiger partial charge in [-0.3, -0.25) is 4.68 Å². The van der Waals surface area contributed by atoms with Gasteiger partial charge in [0.1, 0.15) is 108 Å². The van der Waals surface area contributed by atoms with E-state index in [1.54, 1.807) is 10.9 Å². The summed E-state index contributed by atoms with van der Waals surface area (Å²) >= 11 is 12.2. The Morgan fingerprint density at radius 1 is 0.535 bits per heavy atom. The van der Waals surface area contributed by atoms with Crippen molar-refractivity contribution in [2.75, 3.05) is 12.5 Å². The lowest BCUT2D eigenvalue weighted by Gasteiger charge is -2.43. The van der Waals surface area contributed by atoms with Gasteiger partial charge in [0.15, 0.2) is 18.9 Å². The van der Waals surface area contributed by atoms with Crippen molar-refractivity contribution in [3.05, 3.63) is 47.6 Å². The molecule has 0 saturated carbocycles. The topological polar surface area (TPSA) is 419 Å². The van der Waals surface area contributed by atoms with Gasteiger partial charge in [-0.1, -0.05) is 20.9 Å². The first-order valence-electron chi connectivity index (χ1n) is 22.3. The van der Waals surface area contributed by atoms with Gasteiger partial charge in [0.25, 0.3) is 0 Å². The number of hydrogen-bond donors (Lipinski definition) is 11. The van der Waals surface area contributed by atoms with Crippen molar-refractivity contribution in [2.24, 2.45) is 0 Å². The molecule has 8 heterocycles. The summed E-state index contributed by atoms with van der Waals surface area (Å²) in [5, 5.41) is 147. The molecule has 0 bridgehead atoms. The molecule has 0 aliphatic carbocycles. The first-order chi connectivity index (χ1) is 34.0. The molecule has 4 aromatic rings. The highest BCUT2D eigenvalue weighted by atomic mass is 35.5. The molecule has 4 aliphatic heterocycles. The van der Waals surface area contributed by atoms with Crippen LogP contribution in [0.15, 0.2) is 24.8 Å². The van der Waals surface area contributed by atoms with Crippen molar-refractivity contribution in [2.45, 2.75) is 175 Å². The number of aliphatic hydroxyl groups is 11. The van der Waals surface area contributed by atoms with Gasteiger partial charge >= 0.3 is 0 Å². The largest absolute Gasteiger partial charge is 0.394 e. The van der Waals surface area contributed by atoms with Gasteiger partial charge < -0.3 is 94.1 Å². The van der Waals surface area contributed by atoms with Crippen LogP contribution in [0.2, 0.25) is 0 Å². The highest BCUT2D eigenvalue weighted by Gasteiger charge is 2.58. The maximum atomic E-state index is 10.9. The smallest absolute Gasteiger partial charge is 0.214 e. The van der Waals surface area contributed by atoms with Crippen molar-refractivity contribution >= 4 is 23.2 Å². The average Bonchev–Trinajstić information content (AvgIpc) is 4.24. The van der Waals surface area contributed by atoms with Crippen molar-refractivity contribution in [1.29, 1.82) is 0 Å². The summed E-state index contributed by atoms with van der Waals surface area (Å²) in [4.78, 5) is 0. The molecule has 11 N–H and O–H groups in total. The molecule has 396 valence electrons. The van der Waals surface area contributed by atoms with Crippen LogP contribution in [0, 0.1) is 0 Å². The number of alkyl halides is 2. The number of aliphatic hydroxyl groups excluding tert-OH is 11. The molecule has 71 heavy (non-hydrogen) atoms. The molecular formula is C38H56Cl2N12O19. The van der Waals surface area contributed by atoms with Gasteiger partial charge in [-0.2, -0.15) is 0 Å². The van der Waals surface area contributed by atoms with E-state index in [0.29, 0.717) is 23.6 Å². The lowest BCUT2D eigenvalue weighted by atomic mass is 9.99. The molecule has 0 amide bonds. The SMILES string of the molecule is CCn1cc(CO[C@@H]2O[C@@H](Cn3cc(CO[C@@H]4O[C@@H](Cn5cc(COCc6cn(C[C@@H]7O[C@](CCl)(O[C@@H]8O[C@@H](CO)[C@H](Cl)[C@@H](O)[C@@H]8O)[C@H](O)[C@H]7O)nn6)nn5)[C@H](O)[C@@H](O)[C@H]4O)nn3)[C@H](O)[C@H](O)[C@@H]2O)nn1. The van der Waals surface area contributed by atoms with Crippen LogP contribution >= 0.6 is 23.2 Å². The van der Waals surface area contributed by atoms with Gasteiger partial charge in [0, 0.05) is 6.54 Å². The van der Waals surface area contributed by atoms with Gasteiger partial charge in [0.05, 0.1) is 88.7 Å². The summed E-state index contributed by atoms with van der Waals surface area (Å²) in [5.74, 6) is -2.65. The average molecular weight is 1060 g/mol. The maximum absolute atomic E-state index is 10.9. The molecule has 0 radical (unpaired) electrons. The number of hydrogen-bond acceptors (Lipinski definition) is 27. The summed E-state index contributed by atoms with van der Waals surface area (Å²) in [6.07, 6.45) is -19.0. The maximum Gasteiger partial charge on any atom is 0.214 e. The molecule has 19 atom stereocenters. The lowest BCUT2D eigenvalue weighted by Crippen LogP contribution is -2.61. The Kier molecular flexibility index (Phi) is 17.6. The van der Waals surface area contributed by atoms with E-state index in [1.807, 2.05) is 6.92 Å². The fraction of sp³-hybridized carbons (Fsp3) is 0.789. The third-order valence-electron chi connectivity index (χ3n) is 12.2. The standard InChI is InChI=1S/C38H56Cl2N12O19/c1-2-49-3-18(43-45-49)13-65-35-32(61)30(59)26(55)21(68-35)8-51-6-19(44-48-51)14-66-36-33(62)29(58)25(54)20(67-36)7-50-4-16(41-46-50)11-64-12-17-5-52(47-42-17)9-22-27(56)34(63)38(15-39,70-22)71-37-31(60)28(57)24(40)23(10-53)69-37/h3-6,20-37,53-63H,2,7-15H2,1H3/t20-,21-,22-,23-,24-,25-,26-,27-,28+,29+,30-,31-,32-,33+,34+,35+,36+,37-,38+/m0/s1.